The van der Waals surface area contributed by atoms with Crippen molar-refractivity contribution in [3.8, 4) is 17.0 Å². The van der Waals surface area contributed by atoms with Crippen molar-refractivity contribution in [3.05, 3.63) is 30.5 Å². The molecule has 1 saturated heterocycles. The lowest BCUT2D eigenvalue weighted by molar-refractivity contribution is -0.277. The first-order chi connectivity index (χ1) is 15.9. The molecule has 3 rings (SSSR count). The molecule has 1 aliphatic heterocycles. The number of nitrogens with one attached hydrogen (secondary N) is 1. The molecule has 2 aromatic rings. The highest BCUT2D eigenvalue weighted by atomic mass is 16.7. The van der Waals surface area contributed by atoms with Crippen molar-refractivity contribution in [1.82, 2.24) is 20.5 Å². The van der Waals surface area contributed by atoms with Gasteiger partial charge < -0.3 is 29.9 Å². The molecular formula is C21H30N4O8. The minimum atomic E-state index is -1.50. The molecular weight excluding hydrogens is 436 g/mol. The highest BCUT2D eigenvalue weighted by Crippen LogP contribution is 2.26. The highest BCUT2D eigenvalue weighted by Gasteiger charge is 2.44. The number of unbranched alkanes of at least 4 members (excludes halogenated alkanes) is 3. The van der Waals surface area contributed by atoms with Crippen LogP contribution in [0, 0.1) is 0 Å². The van der Waals surface area contributed by atoms with Crippen molar-refractivity contribution in [3.63, 3.8) is 0 Å². The van der Waals surface area contributed by atoms with Crippen molar-refractivity contribution in [2.75, 3.05) is 6.61 Å². The first-order valence-corrected chi connectivity index (χ1v) is 10.8. The normalized spacial score (nSPS) is 25.1. The van der Waals surface area contributed by atoms with E-state index >= 15 is 0 Å². The second kappa shape index (κ2) is 12.0. The molecule has 12 nitrogen and oxygen atoms in total. The third-order valence-corrected chi connectivity index (χ3v) is 5.46. The molecule has 0 aliphatic carbocycles. The SMILES string of the molecule is O=C(CCCCCCn1cc(-c2ccc(O[C@@H]3O[C@H](CO)[C@@H](O)[C@H](O)[C@H]3O)cc2)nn1)NO. The van der Waals surface area contributed by atoms with Crippen molar-refractivity contribution < 1.29 is 39.9 Å². The van der Waals surface area contributed by atoms with Crippen LogP contribution in [0.3, 0.4) is 0 Å². The van der Waals surface area contributed by atoms with Gasteiger partial charge in [0.1, 0.15) is 35.9 Å². The number of aliphatic hydroxyl groups excluding tert-OH is 4. The molecule has 0 spiro atoms. The van der Waals surface area contributed by atoms with Crippen LogP contribution in [0.1, 0.15) is 32.1 Å². The van der Waals surface area contributed by atoms with E-state index in [1.807, 2.05) is 6.20 Å². The van der Waals surface area contributed by atoms with E-state index in [0.29, 0.717) is 30.8 Å². The van der Waals surface area contributed by atoms with E-state index in [-0.39, 0.29) is 5.91 Å². The van der Waals surface area contributed by atoms with Crippen LogP contribution in [0.2, 0.25) is 0 Å². The number of hydrogen-bond donors (Lipinski definition) is 6. The van der Waals surface area contributed by atoms with Crippen LogP contribution >= 0.6 is 0 Å². The van der Waals surface area contributed by atoms with Crippen LogP contribution in [0.25, 0.3) is 11.3 Å². The smallest absolute Gasteiger partial charge is 0.243 e. The summed E-state index contributed by atoms with van der Waals surface area (Å²) in [5, 5.41) is 55.8. The zero-order valence-electron chi connectivity index (χ0n) is 18.0. The van der Waals surface area contributed by atoms with Crippen molar-refractivity contribution in [2.45, 2.75) is 69.4 Å². The van der Waals surface area contributed by atoms with Gasteiger partial charge in [-0.2, -0.15) is 0 Å². The average Bonchev–Trinajstić information content (AvgIpc) is 3.30. The third-order valence-electron chi connectivity index (χ3n) is 5.46. The molecule has 182 valence electrons. The van der Waals surface area contributed by atoms with Gasteiger partial charge in [-0.25, -0.2) is 5.48 Å². The largest absolute Gasteiger partial charge is 0.462 e. The van der Waals surface area contributed by atoms with Crippen molar-refractivity contribution in [1.29, 1.82) is 0 Å². The Kier molecular flexibility index (Phi) is 9.11. The Labute approximate surface area is 190 Å². The van der Waals surface area contributed by atoms with Gasteiger partial charge in [0, 0.05) is 18.5 Å². The van der Waals surface area contributed by atoms with E-state index in [0.717, 1.165) is 24.8 Å². The molecule has 1 aromatic heterocycles. The molecule has 0 unspecified atom stereocenters. The Bertz CT molecular complexity index is 875. The number of hydrogen-bond acceptors (Lipinski definition) is 10. The van der Waals surface area contributed by atoms with Crippen molar-refractivity contribution >= 4 is 5.91 Å². The lowest BCUT2D eigenvalue weighted by Gasteiger charge is -2.39. The predicted octanol–water partition coefficient (Wildman–Crippen LogP) is -0.420. The minimum absolute atomic E-state index is 0.306. The Morgan fingerprint density at radius 1 is 1.06 bits per heavy atom. The second-order valence-corrected chi connectivity index (χ2v) is 7.91. The fourth-order valence-electron chi connectivity index (χ4n) is 3.51. The van der Waals surface area contributed by atoms with Crippen LogP contribution in [0.5, 0.6) is 5.75 Å². The summed E-state index contributed by atoms with van der Waals surface area (Å²) >= 11 is 0. The molecule has 1 aliphatic rings. The summed E-state index contributed by atoms with van der Waals surface area (Å²) in [4.78, 5) is 11.0. The number of carbonyl (C=O) groups excluding carboxylic acids is 1. The highest BCUT2D eigenvalue weighted by molar-refractivity contribution is 5.74. The maximum absolute atomic E-state index is 11.0. The summed E-state index contributed by atoms with van der Waals surface area (Å²) in [6, 6.07) is 6.83. The lowest BCUT2D eigenvalue weighted by atomic mass is 9.99. The van der Waals surface area contributed by atoms with E-state index < -0.39 is 37.3 Å². The van der Waals surface area contributed by atoms with Crippen LogP contribution in [-0.4, -0.2) is 83.8 Å². The molecule has 6 N–H and O–H groups in total. The van der Waals surface area contributed by atoms with Crippen LogP contribution < -0.4 is 10.2 Å². The summed E-state index contributed by atoms with van der Waals surface area (Å²) in [5.41, 5.74) is 3.10. The fourth-order valence-corrected chi connectivity index (χ4v) is 3.51. The van der Waals surface area contributed by atoms with Gasteiger partial charge in [0.25, 0.3) is 0 Å². The molecule has 5 atom stereocenters. The topological polar surface area (TPSA) is 179 Å². The van der Waals surface area contributed by atoms with Gasteiger partial charge in [-0.15, -0.1) is 5.10 Å². The standard InChI is InChI=1S/C21H30N4O8/c26-12-16-18(28)19(29)20(30)21(33-16)32-14-8-6-13(7-9-14)15-11-25(24-22-15)10-4-2-1-3-5-17(27)23-31/h6-9,11,16,18-21,26,28-31H,1-5,10,12H2,(H,23,27)/t16-,18-,19+,20-,21-/m1/s1. The first-order valence-electron chi connectivity index (χ1n) is 10.8. The summed E-state index contributed by atoms with van der Waals surface area (Å²) in [7, 11) is 0. The number of amides is 1. The monoisotopic (exact) mass is 466 g/mol. The molecule has 1 amide bonds. The van der Waals surface area contributed by atoms with E-state index in [9.17, 15) is 25.2 Å². The molecule has 1 fully saturated rings. The van der Waals surface area contributed by atoms with Gasteiger partial charge >= 0.3 is 0 Å². The van der Waals surface area contributed by atoms with E-state index in [1.54, 1.807) is 34.4 Å². The number of hydroxylamine groups is 1. The van der Waals surface area contributed by atoms with E-state index in [2.05, 4.69) is 10.3 Å². The van der Waals surface area contributed by atoms with Crippen LogP contribution in [0.15, 0.2) is 30.5 Å². The number of ether oxygens (including phenoxy) is 2. The Morgan fingerprint density at radius 2 is 1.79 bits per heavy atom. The number of carbonyl (C=O) groups is 1. The summed E-state index contributed by atoms with van der Waals surface area (Å²) in [6.07, 6.45) is -1.17. The second-order valence-electron chi connectivity index (χ2n) is 7.91. The zero-order valence-corrected chi connectivity index (χ0v) is 18.0. The molecule has 12 heteroatoms. The number of aliphatic hydroxyl groups is 4. The molecule has 1 aromatic carbocycles. The summed E-state index contributed by atoms with van der Waals surface area (Å²) in [6.45, 7) is 0.164. The number of rotatable bonds is 11. The predicted molar refractivity (Wildman–Crippen MR) is 113 cm³/mol. The van der Waals surface area contributed by atoms with Gasteiger partial charge in [-0.3, -0.25) is 14.7 Å². The van der Waals surface area contributed by atoms with Gasteiger partial charge in [0.2, 0.25) is 12.2 Å². The molecule has 0 saturated carbocycles. The van der Waals surface area contributed by atoms with Gasteiger partial charge in [-0.05, 0) is 37.1 Å². The number of benzene rings is 1. The van der Waals surface area contributed by atoms with Gasteiger partial charge in [-0.1, -0.05) is 18.1 Å². The first kappa shape index (κ1) is 25.0. The van der Waals surface area contributed by atoms with Crippen LogP contribution in [0.4, 0.5) is 0 Å². The van der Waals surface area contributed by atoms with Gasteiger partial charge in [0.15, 0.2) is 0 Å². The van der Waals surface area contributed by atoms with Crippen LogP contribution in [-0.2, 0) is 16.1 Å². The third kappa shape index (κ3) is 6.69. The van der Waals surface area contributed by atoms with E-state index in [1.165, 1.54) is 0 Å². The quantitative estimate of drug-likeness (QED) is 0.145. The average molecular weight is 466 g/mol. The molecule has 0 radical (unpaired) electrons. The Balaban J connectivity index is 1.48. The molecule has 33 heavy (non-hydrogen) atoms. The maximum atomic E-state index is 11.0. The molecule has 0 bridgehead atoms. The Hall–Kier alpha value is -2.61. The zero-order chi connectivity index (χ0) is 23.8. The fraction of sp³-hybridized carbons (Fsp3) is 0.571. The lowest BCUT2D eigenvalue weighted by Crippen LogP contribution is -2.60. The number of nitrogens with zero attached hydrogens (tertiary/aromatic N) is 3. The number of aromatic nitrogens is 3. The summed E-state index contributed by atoms with van der Waals surface area (Å²) < 4.78 is 12.7. The Morgan fingerprint density at radius 3 is 2.48 bits per heavy atom. The minimum Gasteiger partial charge on any atom is -0.462 e. The molecule has 2 heterocycles. The van der Waals surface area contributed by atoms with Crippen molar-refractivity contribution in [2.24, 2.45) is 0 Å². The number of aryl methyl sites for hydroxylation is 1. The van der Waals surface area contributed by atoms with Gasteiger partial charge in [0.05, 0.1) is 12.8 Å². The van der Waals surface area contributed by atoms with E-state index in [4.69, 9.17) is 14.7 Å². The maximum Gasteiger partial charge on any atom is 0.243 e. The summed E-state index contributed by atoms with van der Waals surface area (Å²) in [5.74, 6) is -0.00845.